The monoisotopic (exact) mass is 329 g/mol. The summed E-state index contributed by atoms with van der Waals surface area (Å²) in [5, 5.41) is 4.05. The maximum absolute atomic E-state index is 12.3. The van der Waals surface area contributed by atoms with Gasteiger partial charge in [0.1, 0.15) is 15.0 Å². The first kappa shape index (κ1) is 14.7. The van der Waals surface area contributed by atoms with Crippen LogP contribution >= 0.6 is 22.9 Å². The summed E-state index contributed by atoms with van der Waals surface area (Å²) in [5.74, 6) is -0.202. The van der Waals surface area contributed by atoms with Gasteiger partial charge in [0.2, 0.25) is 0 Å². The quantitative estimate of drug-likeness (QED) is 0.724. The number of benzene rings is 1. The first-order valence-electron chi connectivity index (χ1n) is 6.58. The second kappa shape index (κ2) is 6.25. The fraction of sp³-hybridized carbons (Fsp3) is 0.0625. The van der Waals surface area contributed by atoms with E-state index in [1.165, 1.54) is 11.3 Å². The van der Waals surface area contributed by atoms with Gasteiger partial charge in [-0.25, -0.2) is 9.97 Å². The number of aromatic nitrogens is 2. The van der Waals surface area contributed by atoms with Crippen molar-refractivity contribution in [3.63, 3.8) is 0 Å². The van der Waals surface area contributed by atoms with Crippen molar-refractivity contribution in [1.82, 2.24) is 9.97 Å². The van der Waals surface area contributed by atoms with Crippen LogP contribution in [-0.2, 0) is 0 Å². The van der Waals surface area contributed by atoms with Crippen LogP contribution in [0.15, 0.2) is 48.8 Å². The van der Waals surface area contributed by atoms with Gasteiger partial charge in [0.15, 0.2) is 0 Å². The Morgan fingerprint density at radius 1 is 1.18 bits per heavy atom. The van der Waals surface area contributed by atoms with E-state index in [1.807, 2.05) is 37.3 Å². The smallest absolute Gasteiger partial charge is 0.267 e. The molecule has 0 radical (unpaired) electrons. The van der Waals surface area contributed by atoms with Crippen LogP contribution in [0.2, 0.25) is 5.15 Å². The van der Waals surface area contributed by atoms with Gasteiger partial charge in [0.25, 0.3) is 5.91 Å². The third-order valence-electron chi connectivity index (χ3n) is 3.08. The van der Waals surface area contributed by atoms with Gasteiger partial charge in [-0.2, -0.15) is 0 Å². The number of halogens is 1. The lowest BCUT2D eigenvalue weighted by Gasteiger charge is -2.06. The van der Waals surface area contributed by atoms with Gasteiger partial charge in [0.05, 0.1) is 18.1 Å². The minimum absolute atomic E-state index is 0.202. The number of anilines is 1. The summed E-state index contributed by atoms with van der Waals surface area (Å²) in [5.41, 5.74) is 2.50. The molecule has 1 amide bonds. The molecule has 0 bridgehead atoms. The summed E-state index contributed by atoms with van der Waals surface area (Å²) in [7, 11) is 0. The molecule has 0 saturated carbocycles. The fourth-order valence-electron chi connectivity index (χ4n) is 1.93. The molecular weight excluding hydrogens is 318 g/mol. The van der Waals surface area contributed by atoms with E-state index in [0.29, 0.717) is 15.7 Å². The lowest BCUT2D eigenvalue weighted by Crippen LogP contribution is -2.11. The molecule has 0 aliphatic rings. The van der Waals surface area contributed by atoms with E-state index >= 15 is 0 Å². The zero-order chi connectivity index (χ0) is 15.5. The molecule has 0 spiro atoms. The van der Waals surface area contributed by atoms with E-state index in [9.17, 15) is 4.79 Å². The zero-order valence-corrected chi connectivity index (χ0v) is 13.3. The maximum Gasteiger partial charge on any atom is 0.267 e. The molecule has 110 valence electrons. The number of amides is 1. The topological polar surface area (TPSA) is 54.9 Å². The maximum atomic E-state index is 12.3. The molecular formula is C16H12ClN3OS. The third kappa shape index (κ3) is 3.16. The zero-order valence-electron chi connectivity index (χ0n) is 11.7. The molecule has 0 atom stereocenters. The summed E-state index contributed by atoms with van der Waals surface area (Å²) >= 11 is 7.16. The molecule has 2 aromatic heterocycles. The van der Waals surface area contributed by atoms with Crippen LogP contribution in [0.4, 0.5) is 5.69 Å². The highest BCUT2D eigenvalue weighted by Gasteiger charge is 2.13. The number of rotatable bonds is 3. The Bertz CT molecular complexity index is 817. The van der Waals surface area contributed by atoms with Crippen molar-refractivity contribution < 1.29 is 4.79 Å². The Balaban J connectivity index is 1.80. The van der Waals surface area contributed by atoms with Crippen molar-refractivity contribution in [2.75, 3.05) is 5.32 Å². The van der Waals surface area contributed by atoms with Gasteiger partial charge in [-0.3, -0.25) is 4.79 Å². The minimum Gasteiger partial charge on any atom is -0.320 e. The first-order chi connectivity index (χ1) is 10.6. The van der Waals surface area contributed by atoms with Crippen molar-refractivity contribution >= 4 is 34.5 Å². The van der Waals surface area contributed by atoms with Crippen LogP contribution in [0.1, 0.15) is 15.2 Å². The van der Waals surface area contributed by atoms with E-state index < -0.39 is 0 Å². The highest BCUT2D eigenvalue weighted by molar-refractivity contribution is 7.17. The second-order valence-electron chi connectivity index (χ2n) is 4.67. The van der Waals surface area contributed by atoms with E-state index in [0.717, 1.165) is 16.1 Å². The number of carbonyl (C=O) groups excluding carboxylic acids is 1. The van der Waals surface area contributed by atoms with Crippen LogP contribution in [0.25, 0.3) is 10.6 Å². The first-order valence-corrected chi connectivity index (χ1v) is 7.77. The number of thiazole rings is 1. The van der Waals surface area contributed by atoms with Gasteiger partial charge in [-0.05, 0) is 18.6 Å². The lowest BCUT2D eigenvalue weighted by molar-refractivity contribution is 0.103. The fourth-order valence-corrected chi connectivity index (χ4v) is 2.96. The SMILES string of the molecule is Cc1cc(Cl)ncc1NC(=O)c1cnc(-c2ccccc2)s1. The summed E-state index contributed by atoms with van der Waals surface area (Å²) in [4.78, 5) is 21.1. The molecule has 4 nitrogen and oxygen atoms in total. The van der Waals surface area contributed by atoms with Crippen molar-refractivity contribution in [3.8, 4) is 10.6 Å². The molecule has 0 saturated heterocycles. The summed E-state index contributed by atoms with van der Waals surface area (Å²) in [6.07, 6.45) is 3.13. The van der Waals surface area contributed by atoms with Crippen molar-refractivity contribution in [1.29, 1.82) is 0 Å². The van der Waals surface area contributed by atoms with Crippen molar-refractivity contribution in [3.05, 3.63) is 64.4 Å². The van der Waals surface area contributed by atoms with E-state index in [2.05, 4.69) is 15.3 Å². The average molecular weight is 330 g/mol. The van der Waals surface area contributed by atoms with Gasteiger partial charge >= 0.3 is 0 Å². The standard InChI is InChI=1S/C16H12ClN3OS/c1-10-7-14(17)18-8-12(10)20-15(21)13-9-19-16(22-13)11-5-3-2-4-6-11/h2-9H,1H3,(H,20,21). The second-order valence-corrected chi connectivity index (χ2v) is 6.09. The Kier molecular flexibility index (Phi) is 4.18. The molecule has 2 heterocycles. The molecule has 0 aliphatic carbocycles. The van der Waals surface area contributed by atoms with Gasteiger partial charge in [-0.15, -0.1) is 11.3 Å². The normalized spacial score (nSPS) is 10.5. The highest BCUT2D eigenvalue weighted by atomic mass is 35.5. The number of nitrogens with one attached hydrogen (secondary N) is 1. The van der Waals surface area contributed by atoms with E-state index in [-0.39, 0.29) is 5.91 Å². The van der Waals surface area contributed by atoms with Crippen LogP contribution in [0, 0.1) is 6.92 Å². The molecule has 6 heteroatoms. The molecule has 0 unspecified atom stereocenters. The Labute approximate surface area is 136 Å². The molecule has 1 aromatic carbocycles. The average Bonchev–Trinajstić information content (AvgIpc) is 3.01. The van der Waals surface area contributed by atoms with Gasteiger partial charge in [0, 0.05) is 5.56 Å². The number of hydrogen-bond acceptors (Lipinski definition) is 4. The number of nitrogens with zero attached hydrogens (tertiary/aromatic N) is 2. The molecule has 0 fully saturated rings. The number of carbonyl (C=O) groups is 1. The van der Waals surface area contributed by atoms with Crippen molar-refractivity contribution in [2.45, 2.75) is 6.92 Å². The molecule has 1 N–H and O–H groups in total. The predicted molar refractivity (Wildman–Crippen MR) is 89.5 cm³/mol. The molecule has 3 rings (SSSR count). The van der Waals surface area contributed by atoms with Crippen LogP contribution < -0.4 is 5.32 Å². The van der Waals surface area contributed by atoms with Gasteiger partial charge < -0.3 is 5.32 Å². The number of pyridine rings is 1. The largest absolute Gasteiger partial charge is 0.320 e. The van der Waals surface area contributed by atoms with Crippen LogP contribution in [0.5, 0.6) is 0 Å². The third-order valence-corrected chi connectivity index (χ3v) is 4.33. The van der Waals surface area contributed by atoms with E-state index in [4.69, 9.17) is 11.6 Å². The Hall–Kier alpha value is -2.24. The van der Waals surface area contributed by atoms with Crippen molar-refractivity contribution in [2.24, 2.45) is 0 Å². The highest BCUT2D eigenvalue weighted by Crippen LogP contribution is 2.26. The molecule has 0 aliphatic heterocycles. The Morgan fingerprint density at radius 2 is 1.95 bits per heavy atom. The van der Waals surface area contributed by atoms with Gasteiger partial charge in [-0.1, -0.05) is 41.9 Å². The molecule has 3 aromatic rings. The summed E-state index contributed by atoms with van der Waals surface area (Å²) in [6.45, 7) is 1.87. The molecule has 22 heavy (non-hydrogen) atoms. The summed E-state index contributed by atoms with van der Waals surface area (Å²) < 4.78 is 0. The van der Waals surface area contributed by atoms with Crippen LogP contribution in [-0.4, -0.2) is 15.9 Å². The number of aryl methyl sites for hydroxylation is 1. The van der Waals surface area contributed by atoms with Crippen LogP contribution in [0.3, 0.4) is 0 Å². The number of hydrogen-bond donors (Lipinski definition) is 1. The Morgan fingerprint density at radius 3 is 2.68 bits per heavy atom. The summed E-state index contributed by atoms with van der Waals surface area (Å²) in [6, 6.07) is 11.5. The predicted octanol–water partition coefficient (Wildman–Crippen LogP) is 4.42. The minimum atomic E-state index is -0.202. The van der Waals surface area contributed by atoms with E-state index in [1.54, 1.807) is 18.5 Å². The lowest BCUT2D eigenvalue weighted by atomic mass is 10.2.